The summed E-state index contributed by atoms with van der Waals surface area (Å²) in [6.45, 7) is 5.87. The summed E-state index contributed by atoms with van der Waals surface area (Å²) in [4.78, 5) is 9.13. The maximum atomic E-state index is 4.73. The Labute approximate surface area is 145 Å². The third-order valence-corrected chi connectivity index (χ3v) is 3.99. The molecule has 4 rings (SSSR count). The summed E-state index contributed by atoms with van der Waals surface area (Å²) >= 11 is 0. The van der Waals surface area contributed by atoms with Crippen molar-refractivity contribution in [2.75, 3.05) is 5.32 Å². The monoisotopic (exact) mass is 333 g/mol. The number of benzene rings is 1. The van der Waals surface area contributed by atoms with Crippen LogP contribution in [0.2, 0.25) is 0 Å². The van der Waals surface area contributed by atoms with Crippen LogP contribution in [-0.2, 0) is 0 Å². The Morgan fingerprint density at radius 1 is 1.08 bits per heavy atom. The van der Waals surface area contributed by atoms with Gasteiger partial charge in [-0.05, 0) is 20.8 Å². The highest BCUT2D eigenvalue weighted by Crippen LogP contribution is 2.24. The molecule has 0 unspecified atom stereocenters. The third-order valence-electron chi connectivity index (χ3n) is 3.99. The topological polar surface area (TPSA) is 83.8 Å². The molecule has 2 N–H and O–H groups in total. The van der Waals surface area contributed by atoms with Gasteiger partial charge in [-0.2, -0.15) is 14.7 Å². The van der Waals surface area contributed by atoms with Crippen LogP contribution in [0.4, 0.5) is 5.82 Å². The number of rotatable bonds is 4. The average molecular weight is 333 g/mol. The zero-order chi connectivity index (χ0) is 17.4. The quantitative estimate of drug-likeness (QED) is 0.598. The highest BCUT2D eigenvalue weighted by atomic mass is 15.3. The van der Waals surface area contributed by atoms with E-state index in [2.05, 4.69) is 25.6 Å². The summed E-state index contributed by atoms with van der Waals surface area (Å²) in [5.74, 6) is 2.36. The van der Waals surface area contributed by atoms with Gasteiger partial charge in [0.05, 0.1) is 17.4 Å². The van der Waals surface area contributed by atoms with Gasteiger partial charge < -0.3 is 5.32 Å². The van der Waals surface area contributed by atoms with Crippen LogP contribution >= 0.6 is 0 Å². The molecule has 25 heavy (non-hydrogen) atoms. The molecule has 0 radical (unpaired) electrons. The first-order valence-electron chi connectivity index (χ1n) is 8.18. The van der Waals surface area contributed by atoms with Gasteiger partial charge in [-0.25, -0.2) is 9.97 Å². The van der Waals surface area contributed by atoms with Crippen LogP contribution < -0.4 is 5.32 Å². The second-order valence-electron chi connectivity index (χ2n) is 6.09. The second kappa shape index (κ2) is 6.01. The molecule has 0 saturated carbocycles. The van der Waals surface area contributed by atoms with Gasteiger partial charge in [-0.1, -0.05) is 30.3 Å². The fourth-order valence-corrected chi connectivity index (χ4v) is 2.79. The van der Waals surface area contributed by atoms with Crippen molar-refractivity contribution < 1.29 is 0 Å². The molecule has 0 fully saturated rings. The number of aromatic amines is 1. The molecule has 3 aromatic heterocycles. The van der Waals surface area contributed by atoms with E-state index in [0.29, 0.717) is 5.82 Å². The predicted octanol–water partition coefficient (Wildman–Crippen LogP) is 3.30. The molecule has 0 aliphatic heterocycles. The Balaban J connectivity index is 1.78. The molecule has 1 aromatic carbocycles. The van der Waals surface area contributed by atoms with Gasteiger partial charge in [-0.15, -0.1) is 0 Å². The molecular weight excluding hydrogens is 314 g/mol. The van der Waals surface area contributed by atoms with Gasteiger partial charge in [-0.3, -0.25) is 5.10 Å². The minimum absolute atomic E-state index is 0.0660. The van der Waals surface area contributed by atoms with Gasteiger partial charge in [0.25, 0.3) is 0 Å². The van der Waals surface area contributed by atoms with Crippen LogP contribution in [0.1, 0.15) is 30.3 Å². The van der Waals surface area contributed by atoms with Crippen molar-refractivity contribution in [3.63, 3.8) is 0 Å². The molecule has 4 aromatic rings. The van der Waals surface area contributed by atoms with Crippen molar-refractivity contribution in [1.82, 2.24) is 29.8 Å². The van der Waals surface area contributed by atoms with Crippen molar-refractivity contribution in [3.8, 4) is 11.3 Å². The van der Waals surface area contributed by atoms with E-state index >= 15 is 0 Å². The van der Waals surface area contributed by atoms with Crippen molar-refractivity contribution in [3.05, 3.63) is 59.8 Å². The van der Waals surface area contributed by atoms with Gasteiger partial charge in [0.15, 0.2) is 11.5 Å². The van der Waals surface area contributed by atoms with Gasteiger partial charge in [0, 0.05) is 17.7 Å². The van der Waals surface area contributed by atoms with Crippen LogP contribution in [0.25, 0.3) is 16.9 Å². The Morgan fingerprint density at radius 3 is 2.60 bits per heavy atom. The first-order chi connectivity index (χ1) is 12.1. The Morgan fingerprint density at radius 2 is 1.88 bits per heavy atom. The van der Waals surface area contributed by atoms with Gasteiger partial charge >= 0.3 is 0 Å². The minimum atomic E-state index is -0.0660. The molecule has 126 valence electrons. The predicted molar refractivity (Wildman–Crippen MR) is 96.3 cm³/mol. The van der Waals surface area contributed by atoms with E-state index in [4.69, 9.17) is 4.98 Å². The second-order valence-corrected chi connectivity index (χ2v) is 6.09. The molecule has 0 amide bonds. The molecule has 1 atom stereocenters. The molecule has 7 heteroatoms. The van der Waals surface area contributed by atoms with E-state index in [1.165, 1.54) is 0 Å². The smallest absolute Gasteiger partial charge is 0.172 e. The zero-order valence-electron chi connectivity index (χ0n) is 14.4. The van der Waals surface area contributed by atoms with Crippen LogP contribution in [-0.4, -0.2) is 29.8 Å². The average Bonchev–Trinajstić information content (AvgIpc) is 3.20. The van der Waals surface area contributed by atoms with E-state index in [-0.39, 0.29) is 6.04 Å². The van der Waals surface area contributed by atoms with Crippen LogP contribution in [0, 0.1) is 13.8 Å². The number of aromatic nitrogens is 6. The molecular formula is C18H19N7. The highest BCUT2D eigenvalue weighted by molar-refractivity contribution is 5.66. The first kappa shape index (κ1) is 15.3. The standard InChI is InChI=1S/C18H19N7/c1-11-9-16-21-15(14-7-5-4-6-8-14)10-17(25(16)24-11)19-12(2)18-20-13(3)22-23-18/h4-10,12,19H,1-3H3,(H,20,22,23)/t12-/m0/s1. The van der Waals surface area contributed by atoms with E-state index in [1.807, 2.05) is 67.8 Å². The minimum Gasteiger partial charge on any atom is -0.360 e. The largest absolute Gasteiger partial charge is 0.360 e. The van der Waals surface area contributed by atoms with Crippen LogP contribution in [0.5, 0.6) is 0 Å². The number of nitrogens with one attached hydrogen (secondary N) is 2. The molecule has 0 spiro atoms. The maximum absolute atomic E-state index is 4.73. The lowest BCUT2D eigenvalue weighted by Gasteiger charge is -2.14. The highest BCUT2D eigenvalue weighted by Gasteiger charge is 2.15. The molecule has 0 bridgehead atoms. The Hall–Kier alpha value is -3.22. The number of aryl methyl sites for hydroxylation is 2. The third kappa shape index (κ3) is 2.96. The number of H-pyrrole nitrogens is 1. The van der Waals surface area contributed by atoms with Crippen LogP contribution in [0.3, 0.4) is 0 Å². The number of anilines is 1. The SMILES string of the molecule is Cc1cc2nc(-c3ccccc3)cc(N[C@@H](C)c3n[nH]c(C)n3)n2n1. The number of fused-ring (bicyclic) bond motifs is 1. The Kier molecular flexibility index (Phi) is 3.68. The summed E-state index contributed by atoms with van der Waals surface area (Å²) in [6.07, 6.45) is 0. The lowest BCUT2D eigenvalue weighted by Crippen LogP contribution is -2.12. The van der Waals surface area contributed by atoms with Gasteiger partial charge in [0.2, 0.25) is 0 Å². The molecule has 0 aliphatic carbocycles. The van der Waals surface area contributed by atoms with Crippen molar-refractivity contribution in [1.29, 1.82) is 0 Å². The normalized spacial score (nSPS) is 12.4. The summed E-state index contributed by atoms with van der Waals surface area (Å²) in [5, 5.41) is 15.1. The molecule has 3 heterocycles. The maximum Gasteiger partial charge on any atom is 0.172 e. The first-order valence-corrected chi connectivity index (χ1v) is 8.18. The fourth-order valence-electron chi connectivity index (χ4n) is 2.79. The van der Waals surface area contributed by atoms with Crippen molar-refractivity contribution in [2.24, 2.45) is 0 Å². The molecule has 0 aliphatic rings. The lowest BCUT2D eigenvalue weighted by molar-refractivity contribution is 0.775. The summed E-state index contributed by atoms with van der Waals surface area (Å²) in [7, 11) is 0. The van der Waals surface area contributed by atoms with Crippen molar-refractivity contribution in [2.45, 2.75) is 26.8 Å². The molecule has 0 saturated heterocycles. The summed E-state index contributed by atoms with van der Waals surface area (Å²) in [5.41, 5.74) is 3.68. The zero-order valence-corrected chi connectivity index (χ0v) is 14.4. The Bertz CT molecular complexity index is 1020. The number of nitrogens with zero attached hydrogens (tertiary/aromatic N) is 5. The summed E-state index contributed by atoms with van der Waals surface area (Å²) in [6, 6.07) is 14.0. The van der Waals surface area contributed by atoms with E-state index in [1.54, 1.807) is 0 Å². The van der Waals surface area contributed by atoms with E-state index in [0.717, 1.165) is 34.2 Å². The number of hydrogen-bond donors (Lipinski definition) is 2. The number of hydrogen-bond acceptors (Lipinski definition) is 5. The van der Waals surface area contributed by atoms with E-state index in [9.17, 15) is 0 Å². The van der Waals surface area contributed by atoms with E-state index < -0.39 is 0 Å². The lowest BCUT2D eigenvalue weighted by atomic mass is 10.1. The summed E-state index contributed by atoms with van der Waals surface area (Å²) < 4.78 is 1.82. The van der Waals surface area contributed by atoms with Gasteiger partial charge in [0.1, 0.15) is 11.6 Å². The molecule has 7 nitrogen and oxygen atoms in total. The fraction of sp³-hybridized carbons (Fsp3) is 0.222. The van der Waals surface area contributed by atoms with Crippen LogP contribution in [0.15, 0.2) is 42.5 Å². The van der Waals surface area contributed by atoms with Crippen molar-refractivity contribution >= 4 is 11.5 Å².